The largest absolute Gasteiger partial charge is 0.491 e. The number of fused-ring (bicyclic) bond motifs is 2. The lowest BCUT2D eigenvalue weighted by molar-refractivity contribution is 0.248. The molecule has 9 heteroatoms. The number of para-hydroxylation sites is 1. The number of piperazine rings is 1. The third kappa shape index (κ3) is 4.20. The van der Waals surface area contributed by atoms with Gasteiger partial charge >= 0.3 is 6.03 Å². The van der Waals surface area contributed by atoms with E-state index in [1.54, 1.807) is 6.20 Å². The SMILES string of the molecule is NC(=O)N(CCCCN1CCN(c2cccc3c2OCC3)CC1)c1nc2cccnc2[nH]1. The number of imidazole rings is 1. The Kier molecular flexibility index (Phi) is 5.81. The van der Waals surface area contributed by atoms with Gasteiger partial charge in [-0.2, -0.15) is 0 Å². The van der Waals surface area contributed by atoms with Crippen LogP contribution in [0.15, 0.2) is 36.5 Å². The van der Waals surface area contributed by atoms with Gasteiger partial charge in [0.15, 0.2) is 5.65 Å². The van der Waals surface area contributed by atoms with Crippen LogP contribution in [0.4, 0.5) is 16.4 Å². The molecule has 9 nitrogen and oxygen atoms in total. The molecule has 1 fully saturated rings. The number of carbonyl (C=O) groups is 1. The van der Waals surface area contributed by atoms with E-state index in [9.17, 15) is 4.79 Å². The summed E-state index contributed by atoms with van der Waals surface area (Å²) in [6.45, 7) is 6.38. The molecular weight excluding hydrogens is 406 g/mol. The van der Waals surface area contributed by atoms with Gasteiger partial charge in [0.2, 0.25) is 5.95 Å². The van der Waals surface area contributed by atoms with E-state index in [-0.39, 0.29) is 0 Å². The number of aromatic amines is 1. The molecule has 0 radical (unpaired) electrons. The maximum atomic E-state index is 12.0. The fourth-order valence-corrected chi connectivity index (χ4v) is 4.54. The molecule has 5 rings (SSSR count). The Labute approximate surface area is 187 Å². The molecule has 4 heterocycles. The summed E-state index contributed by atoms with van der Waals surface area (Å²) < 4.78 is 5.88. The molecular formula is C23H29N7O2. The highest BCUT2D eigenvalue weighted by molar-refractivity contribution is 5.90. The third-order valence-corrected chi connectivity index (χ3v) is 6.28. The first-order valence-electron chi connectivity index (χ1n) is 11.3. The number of carbonyl (C=O) groups excluding carboxylic acids is 1. The number of rotatable bonds is 7. The average Bonchev–Trinajstić information content (AvgIpc) is 3.46. The highest BCUT2D eigenvalue weighted by atomic mass is 16.5. The van der Waals surface area contributed by atoms with Crippen LogP contribution in [0.5, 0.6) is 5.75 Å². The summed E-state index contributed by atoms with van der Waals surface area (Å²) in [5.74, 6) is 1.53. The number of hydrogen-bond acceptors (Lipinski definition) is 6. The van der Waals surface area contributed by atoms with Gasteiger partial charge in [-0.05, 0) is 43.1 Å². The number of nitrogens with two attached hydrogens (primary N) is 1. The molecule has 2 amide bonds. The van der Waals surface area contributed by atoms with Gasteiger partial charge in [0, 0.05) is 45.3 Å². The molecule has 0 spiro atoms. The van der Waals surface area contributed by atoms with E-state index in [2.05, 4.69) is 43.0 Å². The Morgan fingerprint density at radius 2 is 2.03 bits per heavy atom. The third-order valence-electron chi connectivity index (χ3n) is 6.28. The van der Waals surface area contributed by atoms with E-state index in [1.807, 2.05) is 12.1 Å². The Morgan fingerprint density at radius 3 is 2.84 bits per heavy atom. The first-order chi connectivity index (χ1) is 15.7. The van der Waals surface area contributed by atoms with E-state index in [4.69, 9.17) is 10.5 Å². The molecule has 0 bridgehead atoms. The number of anilines is 2. The Balaban J connectivity index is 1.10. The maximum absolute atomic E-state index is 12.0. The molecule has 3 aromatic rings. The van der Waals surface area contributed by atoms with Crippen LogP contribution < -0.4 is 20.3 Å². The standard InChI is InChI=1S/C23H29N7O2/c24-22(31)30(23-26-18-6-4-9-25-21(18)27-23)11-2-1-10-28-12-14-29(15-13-28)19-7-3-5-17-8-16-32-20(17)19/h3-7,9H,1-2,8,10-16H2,(H2,24,31)(H,25,26,27). The first-order valence-corrected chi connectivity index (χ1v) is 11.3. The number of hydrogen-bond donors (Lipinski definition) is 2. The van der Waals surface area contributed by atoms with E-state index < -0.39 is 6.03 Å². The number of H-pyrrole nitrogens is 1. The van der Waals surface area contributed by atoms with Crippen LogP contribution in [-0.4, -0.2) is 71.8 Å². The van der Waals surface area contributed by atoms with Crippen molar-refractivity contribution in [1.29, 1.82) is 0 Å². The highest BCUT2D eigenvalue weighted by Crippen LogP contribution is 2.36. The van der Waals surface area contributed by atoms with Gasteiger partial charge in [-0.25, -0.2) is 14.8 Å². The van der Waals surface area contributed by atoms with Crippen molar-refractivity contribution in [3.8, 4) is 5.75 Å². The zero-order valence-corrected chi connectivity index (χ0v) is 18.2. The minimum Gasteiger partial charge on any atom is -0.491 e. The first kappa shape index (κ1) is 20.6. The van der Waals surface area contributed by atoms with Crippen LogP contribution in [-0.2, 0) is 6.42 Å². The van der Waals surface area contributed by atoms with Crippen LogP contribution in [0, 0.1) is 0 Å². The average molecular weight is 436 g/mol. The van der Waals surface area contributed by atoms with Crippen molar-refractivity contribution in [2.75, 3.05) is 55.7 Å². The van der Waals surface area contributed by atoms with E-state index in [0.717, 1.165) is 69.9 Å². The molecule has 0 aliphatic carbocycles. The van der Waals surface area contributed by atoms with Gasteiger partial charge in [0.25, 0.3) is 0 Å². The summed E-state index contributed by atoms with van der Waals surface area (Å²) in [4.78, 5) is 30.1. The summed E-state index contributed by atoms with van der Waals surface area (Å²) in [5.41, 5.74) is 9.54. The molecule has 3 N–H and O–H groups in total. The van der Waals surface area contributed by atoms with Crippen molar-refractivity contribution in [2.45, 2.75) is 19.3 Å². The van der Waals surface area contributed by atoms with E-state index >= 15 is 0 Å². The Morgan fingerprint density at radius 1 is 1.16 bits per heavy atom. The van der Waals surface area contributed by atoms with Crippen LogP contribution in [0.2, 0.25) is 0 Å². The molecule has 2 aliphatic rings. The highest BCUT2D eigenvalue weighted by Gasteiger charge is 2.23. The zero-order chi connectivity index (χ0) is 21.9. The van der Waals surface area contributed by atoms with Crippen molar-refractivity contribution < 1.29 is 9.53 Å². The number of amides is 2. The van der Waals surface area contributed by atoms with Crippen molar-refractivity contribution in [3.63, 3.8) is 0 Å². The lowest BCUT2D eigenvalue weighted by Crippen LogP contribution is -2.46. The van der Waals surface area contributed by atoms with Gasteiger partial charge in [-0.15, -0.1) is 0 Å². The quantitative estimate of drug-likeness (QED) is 0.552. The minimum absolute atomic E-state index is 0.456. The number of nitrogens with one attached hydrogen (secondary N) is 1. The molecule has 2 aromatic heterocycles. The van der Waals surface area contributed by atoms with Gasteiger partial charge in [0.1, 0.15) is 11.3 Å². The van der Waals surface area contributed by atoms with Crippen LogP contribution in [0.3, 0.4) is 0 Å². The smallest absolute Gasteiger partial charge is 0.321 e. The summed E-state index contributed by atoms with van der Waals surface area (Å²) in [6, 6.07) is 9.65. The number of aromatic nitrogens is 3. The van der Waals surface area contributed by atoms with Crippen molar-refractivity contribution in [3.05, 3.63) is 42.1 Å². The van der Waals surface area contributed by atoms with Gasteiger partial charge in [0.05, 0.1) is 12.3 Å². The van der Waals surface area contributed by atoms with Crippen molar-refractivity contribution >= 4 is 28.8 Å². The Hall–Kier alpha value is -3.33. The second kappa shape index (κ2) is 9.04. The molecule has 1 aromatic carbocycles. The number of benzene rings is 1. The van der Waals surface area contributed by atoms with E-state index in [1.165, 1.54) is 16.2 Å². The fourth-order valence-electron chi connectivity index (χ4n) is 4.54. The topological polar surface area (TPSA) is 104 Å². The van der Waals surface area contributed by atoms with E-state index in [0.29, 0.717) is 18.1 Å². The van der Waals surface area contributed by atoms with Crippen molar-refractivity contribution in [2.24, 2.45) is 5.73 Å². The summed E-state index contributed by atoms with van der Waals surface area (Å²) in [5, 5.41) is 0. The van der Waals surface area contributed by atoms with Gasteiger partial charge in [-0.1, -0.05) is 12.1 Å². The Bertz CT molecular complexity index is 1060. The number of nitrogens with zero attached hydrogens (tertiary/aromatic N) is 5. The molecule has 2 aliphatic heterocycles. The summed E-state index contributed by atoms with van der Waals surface area (Å²) in [6.07, 6.45) is 4.55. The summed E-state index contributed by atoms with van der Waals surface area (Å²) in [7, 11) is 0. The lowest BCUT2D eigenvalue weighted by atomic mass is 10.1. The fraction of sp³-hybridized carbons (Fsp3) is 0.435. The molecule has 0 saturated carbocycles. The molecule has 1 saturated heterocycles. The number of pyridine rings is 1. The second-order valence-electron chi connectivity index (χ2n) is 8.32. The number of unbranched alkanes of at least 4 members (excludes halogenated alkanes) is 1. The summed E-state index contributed by atoms with van der Waals surface area (Å²) >= 11 is 0. The monoisotopic (exact) mass is 435 g/mol. The number of primary amides is 1. The maximum Gasteiger partial charge on any atom is 0.321 e. The predicted molar refractivity (Wildman–Crippen MR) is 124 cm³/mol. The normalized spacial score (nSPS) is 16.2. The minimum atomic E-state index is -0.504. The molecule has 32 heavy (non-hydrogen) atoms. The van der Waals surface area contributed by atoms with Gasteiger partial charge < -0.3 is 20.4 Å². The number of urea groups is 1. The van der Waals surface area contributed by atoms with Crippen LogP contribution in [0.25, 0.3) is 11.2 Å². The second-order valence-corrected chi connectivity index (χ2v) is 8.32. The lowest BCUT2D eigenvalue weighted by Gasteiger charge is -2.36. The van der Waals surface area contributed by atoms with Gasteiger partial charge in [-0.3, -0.25) is 9.80 Å². The molecule has 168 valence electrons. The molecule has 0 atom stereocenters. The van der Waals surface area contributed by atoms with Crippen molar-refractivity contribution in [1.82, 2.24) is 19.9 Å². The van der Waals surface area contributed by atoms with Crippen LogP contribution in [0.1, 0.15) is 18.4 Å². The zero-order valence-electron chi connectivity index (χ0n) is 18.2. The predicted octanol–water partition coefficient (Wildman–Crippen LogP) is 2.38. The number of ether oxygens (including phenoxy) is 1. The van der Waals surface area contributed by atoms with Crippen LogP contribution >= 0.6 is 0 Å². The molecule has 0 unspecified atom stereocenters.